The molecule has 238 valence electrons. The van der Waals surface area contributed by atoms with Gasteiger partial charge in [0.2, 0.25) is 0 Å². The molecule has 2 unspecified atom stereocenters. The number of carbonyl (C=O) groups is 1. The molecule has 0 radical (unpaired) electrons. The minimum atomic E-state index is -4.33. The Bertz CT molecular complexity index is 1260. The molecule has 0 saturated heterocycles. The van der Waals surface area contributed by atoms with Crippen LogP contribution in [0, 0.1) is 17.8 Å². The summed E-state index contributed by atoms with van der Waals surface area (Å²) in [7, 11) is -4.33. The standard InChI is InChI=1S/C37H54O5S/c1-24(2)31-22-30(23-32(25(3)4)36(31)43(39,40)41)42-37(38)35-33(27-16-10-6-11-17-27)20-29(26-14-8-5-9-15-26)21-34(35)28-18-12-7-13-19-28/h20-28,31,36H,5-19H2,1-4H3,(H,39,40,41). The van der Waals surface area contributed by atoms with Crippen LogP contribution in [0.3, 0.4) is 0 Å². The fourth-order valence-corrected chi connectivity index (χ4v) is 9.99. The Kier molecular flexibility index (Phi) is 10.6. The van der Waals surface area contributed by atoms with Crippen molar-refractivity contribution in [3.63, 3.8) is 0 Å². The number of hydrogen-bond acceptors (Lipinski definition) is 4. The molecule has 0 aromatic heterocycles. The van der Waals surface area contributed by atoms with Crippen molar-refractivity contribution >= 4 is 16.1 Å². The average molecular weight is 611 g/mol. The van der Waals surface area contributed by atoms with Crippen molar-refractivity contribution in [2.75, 3.05) is 0 Å². The predicted molar refractivity (Wildman–Crippen MR) is 174 cm³/mol. The Labute approximate surface area is 260 Å². The van der Waals surface area contributed by atoms with Gasteiger partial charge in [0.15, 0.2) is 0 Å². The molecule has 2 atom stereocenters. The van der Waals surface area contributed by atoms with Crippen molar-refractivity contribution < 1.29 is 22.5 Å². The molecule has 0 aliphatic heterocycles. The van der Waals surface area contributed by atoms with E-state index in [2.05, 4.69) is 12.1 Å². The zero-order chi connectivity index (χ0) is 30.7. The van der Waals surface area contributed by atoms with Crippen LogP contribution in [0.1, 0.15) is 169 Å². The molecule has 43 heavy (non-hydrogen) atoms. The Hall–Kier alpha value is -1.92. The fraction of sp³-hybridized carbons (Fsp3) is 0.703. The lowest BCUT2D eigenvalue weighted by molar-refractivity contribution is 0.0627. The monoisotopic (exact) mass is 610 g/mol. The molecular formula is C37H54O5S. The van der Waals surface area contributed by atoms with Crippen molar-refractivity contribution in [2.24, 2.45) is 17.8 Å². The third kappa shape index (κ3) is 7.49. The highest BCUT2D eigenvalue weighted by atomic mass is 32.2. The maximum absolute atomic E-state index is 14.5. The molecule has 4 aliphatic rings. The molecule has 1 N–H and O–H groups in total. The minimum absolute atomic E-state index is 0.0616. The van der Waals surface area contributed by atoms with Crippen LogP contribution in [0.4, 0.5) is 0 Å². The van der Waals surface area contributed by atoms with Crippen LogP contribution in [0.25, 0.3) is 0 Å². The second-order valence-electron chi connectivity index (χ2n) is 14.6. The number of hydrogen-bond donors (Lipinski definition) is 1. The largest absolute Gasteiger partial charge is 0.423 e. The zero-order valence-corrected chi connectivity index (χ0v) is 27.8. The van der Waals surface area contributed by atoms with E-state index < -0.39 is 21.3 Å². The molecule has 1 aromatic carbocycles. The number of carbonyl (C=O) groups excluding carboxylic acids is 1. The first-order valence-electron chi connectivity index (χ1n) is 17.3. The lowest BCUT2D eigenvalue weighted by atomic mass is 9.73. The average Bonchev–Trinajstić information content (AvgIpc) is 3.00. The van der Waals surface area contributed by atoms with Gasteiger partial charge in [0.05, 0.1) is 5.56 Å². The second kappa shape index (κ2) is 14.0. The fourth-order valence-electron chi connectivity index (χ4n) is 8.51. The molecular weight excluding hydrogens is 556 g/mol. The number of benzene rings is 1. The lowest BCUT2D eigenvalue weighted by Gasteiger charge is -2.34. The Morgan fingerprint density at radius 2 is 1.23 bits per heavy atom. The second-order valence-corrected chi connectivity index (χ2v) is 16.1. The van der Waals surface area contributed by atoms with Crippen molar-refractivity contribution in [3.8, 4) is 0 Å². The van der Waals surface area contributed by atoms with Gasteiger partial charge in [-0.05, 0) is 103 Å². The van der Waals surface area contributed by atoms with Gasteiger partial charge < -0.3 is 4.74 Å². The quantitative estimate of drug-likeness (QED) is 0.234. The highest BCUT2D eigenvalue weighted by Crippen LogP contribution is 2.45. The highest BCUT2D eigenvalue weighted by molar-refractivity contribution is 7.86. The molecule has 3 saturated carbocycles. The predicted octanol–water partition coefficient (Wildman–Crippen LogP) is 9.99. The van der Waals surface area contributed by atoms with E-state index in [1.165, 1.54) is 87.3 Å². The molecule has 4 aliphatic carbocycles. The third-order valence-electron chi connectivity index (χ3n) is 10.9. The van der Waals surface area contributed by atoms with Crippen molar-refractivity contribution in [2.45, 2.75) is 147 Å². The molecule has 0 amide bonds. The van der Waals surface area contributed by atoms with Crippen LogP contribution in [0.5, 0.6) is 0 Å². The molecule has 0 spiro atoms. The number of rotatable bonds is 8. The van der Waals surface area contributed by atoms with Crippen molar-refractivity contribution in [1.29, 1.82) is 0 Å². The van der Waals surface area contributed by atoms with E-state index >= 15 is 0 Å². The van der Waals surface area contributed by atoms with Gasteiger partial charge in [-0.25, -0.2) is 4.79 Å². The van der Waals surface area contributed by atoms with Gasteiger partial charge >= 0.3 is 5.97 Å². The first-order valence-corrected chi connectivity index (χ1v) is 18.8. The van der Waals surface area contributed by atoms with Gasteiger partial charge in [0.25, 0.3) is 10.1 Å². The highest BCUT2D eigenvalue weighted by Gasteiger charge is 2.40. The van der Waals surface area contributed by atoms with Crippen LogP contribution in [0.2, 0.25) is 0 Å². The van der Waals surface area contributed by atoms with Gasteiger partial charge in [-0.15, -0.1) is 0 Å². The summed E-state index contributed by atoms with van der Waals surface area (Å²) in [6.45, 7) is 7.76. The summed E-state index contributed by atoms with van der Waals surface area (Å²) >= 11 is 0. The summed E-state index contributed by atoms with van der Waals surface area (Å²) in [5, 5.41) is -1.03. The van der Waals surface area contributed by atoms with Gasteiger partial charge in [-0.2, -0.15) is 8.42 Å². The number of allylic oxidation sites excluding steroid dienone is 2. The smallest absolute Gasteiger partial charge is 0.344 e. The minimum Gasteiger partial charge on any atom is -0.423 e. The van der Waals surface area contributed by atoms with Gasteiger partial charge in [-0.1, -0.05) is 97.6 Å². The molecule has 0 bridgehead atoms. The maximum Gasteiger partial charge on any atom is 0.344 e. The van der Waals surface area contributed by atoms with E-state index in [4.69, 9.17) is 4.74 Å². The van der Waals surface area contributed by atoms with Crippen LogP contribution in [0.15, 0.2) is 35.6 Å². The number of ether oxygens (including phenoxy) is 1. The summed E-state index contributed by atoms with van der Waals surface area (Å²) in [6, 6.07) is 4.79. The van der Waals surface area contributed by atoms with Crippen LogP contribution in [-0.2, 0) is 14.9 Å². The maximum atomic E-state index is 14.5. The normalized spacial score (nSPS) is 25.1. The van der Waals surface area contributed by atoms with Gasteiger partial charge in [-0.3, -0.25) is 4.55 Å². The van der Waals surface area contributed by atoms with Crippen LogP contribution < -0.4 is 0 Å². The van der Waals surface area contributed by atoms with Crippen LogP contribution >= 0.6 is 0 Å². The van der Waals surface area contributed by atoms with E-state index in [1.807, 2.05) is 27.7 Å². The van der Waals surface area contributed by atoms with Gasteiger partial charge in [0, 0.05) is 5.92 Å². The number of esters is 1. The SMILES string of the molecule is CC(C)C1=CC(OC(=O)c2c(C3CCCCC3)cc(C3CCCCC3)cc2C2CCCCC2)=CC(C(C)C)C1S(=O)(=O)O. The summed E-state index contributed by atoms with van der Waals surface area (Å²) in [5.41, 5.74) is 5.23. The Morgan fingerprint density at radius 1 is 0.767 bits per heavy atom. The Morgan fingerprint density at radius 3 is 1.65 bits per heavy atom. The first-order chi connectivity index (χ1) is 20.5. The Balaban J connectivity index is 1.59. The van der Waals surface area contributed by atoms with E-state index in [1.54, 1.807) is 12.2 Å². The topological polar surface area (TPSA) is 80.7 Å². The van der Waals surface area contributed by atoms with E-state index in [-0.39, 0.29) is 17.8 Å². The molecule has 6 heteroatoms. The molecule has 3 fully saturated rings. The summed E-state index contributed by atoms with van der Waals surface area (Å²) in [4.78, 5) is 14.5. The molecule has 0 heterocycles. The van der Waals surface area contributed by atoms with E-state index in [0.717, 1.165) is 31.2 Å². The summed E-state index contributed by atoms with van der Waals surface area (Å²) < 4.78 is 41.6. The lowest BCUT2D eigenvalue weighted by Crippen LogP contribution is -2.37. The van der Waals surface area contributed by atoms with Crippen molar-refractivity contribution in [3.05, 3.63) is 57.9 Å². The summed E-state index contributed by atoms with van der Waals surface area (Å²) in [6.07, 6.45) is 21.6. The molecule has 1 aromatic rings. The molecule has 5 rings (SSSR count). The molecule has 5 nitrogen and oxygen atoms in total. The zero-order valence-electron chi connectivity index (χ0n) is 26.9. The van der Waals surface area contributed by atoms with Crippen molar-refractivity contribution in [1.82, 2.24) is 0 Å². The van der Waals surface area contributed by atoms with Gasteiger partial charge in [0.1, 0.15) is 11.0 Å². The first kappa shape index (κ1) is 32.5. The van der Waals surface area contributed by atoms with E-state index in [9.17, 15) is 17.8 Å². The van der Waals surface area contributed by atoms with E-state index in [0.29, 0.717) is 29.1 Å². The summed E-state index contributed by atoms with van der Waals surface area (Å²) in [5.74, 6) is 0.764. The van der Waals surface area contributed by atoms with Crippen LogP contribution in [-0.4, -0.2) is 24.2 Å². The third-order valence-corrected chi connectivity index (χ3v) is 12.1.